The standard InChI is InChI=1S/C9H7Cl2N5O/c10-4-1-2-6(11)5(3-4)7-14-8(12)15-9(13)16(7)17/h1-3H,(H4,12,13,14,15). The highest BCUT2D eigenvalue weighted by Gasteiger charge is 2.16. The summed E-state index contributed by atoms with van der Waals surface area (Å²) >= 11 is 11.8. The molecule has 1 aromatic heterocycles. The highest BCUT2D eigenvalue weighted by Crippen LogP contribution is 2.27. The summed E-state index contributed by atoms with van der Waals surface area (Å²) in [4.78, 5) is 7.33. The first-order valence-corrected chi connectivity index (χ1v) is 5.22. The van der Waals surface area contributed by atoms with Crippen molar-refractivity contribution in [3.8, 4) is 11.4 Å². The Morgan fingerprint density at radius 3 is 2.59 bits per heavy atom. The van der Waals surface area contributed by atoms with E-state index in [4.69, 9.17) is 34.7 Å². The molecule has 4 N–H and O–H groups in total. The quantitative estimate of drug-likeness (QED) is 0.600. The van der Waals surface area contributed by atoms with Gasteiger partial charge in [0, 0.05) is 5.02 Å². The molecule has 0 radical (unpaired) electrons. The van der Waals surface area contributed by atoms with E-state index in [-0.39, 0.29) is 17.7 Å². The number of hydrogen-bond donors (Lipinski definition) is 2. The van der Waals surface area contributed by atoms with E-state index in [1.54, 1.807) is 12.1 Å². The predicted octanol–water partition coefficient (Wildman–Crippen LogP) is 1.25. The van der Waals surface area contributed by atoms with E-state index in [9.17, 15) is 5.21 Å². The zero-order valence-electron chi connectivity index (χ0n) is 8.39. The van der Waals surface area contributed by atoms with Gasteiger partial charge < -0.3 is 16.7 Å². The number of halogens is 2. The number of nitrogen functional groups attached to an aromatic ring is 2. The Kier molecular flexibility index (Phi) is 2.91. The number of rotatable bonds is 1. The van der Waals surface area contributed by atoms with Gasteiger partial charge in [0.15, 0.2) is 0 Å². The topological polar surface area (TPSA) is 105 Å². The van der Waals surface area contributed by atoms with Gasteiger partial charge in [-0.25, -0.2) is 4.73 Å². The van der Waals surface area contributed by atoms with Crippen molar-refractivity contribution in [1.82, 2.24) is 9.97 Å². The Balaban J connectivity index is 2.72. The van der Waals surface area contributed by atoms with Crippen LogP contribution < -0.4 is 16.2 Å². The van der Waals surface area contributed by atoms with Crippen LogP contribution in [0.1, 0.15) is 0 Å². The summed E-state index contributed by atoms with van der Waals surface area (Å²) in [6.07, 6.45) is 0. The average Bonchev–Trinajstić information content (AvgIpc) is 2.27. The van der Waals surface area contributed by atoms with Gasteiger partial charge in [-0.1, -0.05) is 33.2 Å². The molecule has 0 spiro atoms. The first-order chi connectivity index (χ1) is 7.99. The first kappa shape index (κ1) is 11.7. The fourth-order valence-corrected chi connectivity index (χ4v) is 1.66. The SMILES string of the molecule is Nc1nc(N)[n+]([O-])c(-c2cc(Cl)ccc2Cl)n1. The second kappa shape index (κ2) is 4.23. The number of nitrogens with zero attached hydrogens (tertiary/aromatic N) is 3. The molecule has 2 aromatic rings. The Labute approximate surface area is 106 Å². The highest BCUT2D eigenvalue weighted by molar-refractivity contribution is 6.35. The predicted molar refractivity (Wildman–Crippen MR) is 65.3 cm³/mol. The maximum absolute atomic E-state index is 11.7. The molecule has 0 unspecified atom stereocenters. The van der Waals surface area contributed by atoms with E-state index in [2.05, 4.69) is 9.97 Å². The molecule has 0 aliphatic heterocycles. The van der Waals surface area contributed by atoms with Crippen LogP contribution in [0.15, 0.2) is 18.2 Å². The molecule has 0 saturated carbocycles. The minimum atomic E-state index is -0.302. The van der Waals surface area contributed by atoms with Crippen LogP contribution in [0.25, 0.3) is 11.4 Å². The normalized spacial score (nSPS) is 10.5. The van der Waals surface area contributed by atoms with Crippen molar-refractivity contribution in [3.05, 3.63) is 33.5 Å². The largest absolute Gasteiger partial charge is 0.754 e. The smallest absolute Gasteiger partial charge is 0.348 e. The highest BCUT2D eigenvalue weighted by atomic mass is 35.5. The van der Waals surface area contributed by atoms with E-state index < -0.39 is 0 Å². The van der Waals surface area contributed by atoms with Crippen molar-refractivity contribution < 1.29 is 4.73 Å². The van der Waals surface area contributed by atoms with Crippen molar-refractivity contribution in [2.24, 2.45) is 0 Å². The van der Waals surface area contributed by atoms with E-state index in [1.165, 1.54) is 6.07 Å². The lowest BCUT2D eigenvalue weighted by Gasteiger charge is -2.11. The van der Waals surface area contributed by atoms with Crippen LogP contribution in [0.3, 0.4) is 0 Å². The molecule has 1 aromatic carbocycles. The molecule has 6 nitrogen and oxygen atoms in total. The molecule has 0 amide bonds. The van der Waals surface area contributed by atoms with E-state index in [0.29, 0.717) is 20.3 Å². The summed E-state index contributed by atoms with van der Waals surface area (Å²) in [7, 11) is 0. The fourth-order valence-electron chi connectivity index (χ4n) is 1.29. The molecule has 0 atom stereocenters. The van der Waals surface area contributed by atoms with Gasteiger partial charge in [0.2, 0.25) is 5.82 Å². The maximum Gasteiger partial charge on any atom is 0.348 e. The van der Waals surface area contributed by atoms with Crippen LogP contribution in [0.4, 0.5) is 11.9 Å². The Morgan fingerprint density at radius 1 is 1.18 bits per heavy atom. The van der Waals surface area contributed by atoms with Crippen LogP contribution in [-0.4, -0.2) is 9.97 Å². The molecular weight excluding hydrogens is 265 g/mol. The summed E-state index contributed by atoms with van der Waals surface area (Å²) in [5.74, 6) is -0.452. The third-order valence-corrected chi connectivity index (χ3v) is 2.58. The molecular formula is C9H7Cl2N5O. The zero-order chi connectivity index (χ0) is 12.6. The first-order valence-electron chi connectivity index (χ1n) is 4.47. The number of benzene rings is 1. The maximum atomic E-state index is 11.7. The monoisotopic (exact) mass is 271 g/mol. The second-order valence-corrected chi connectivity index (χ2v) is 4.03. The van der Waals surface area contributed by atoms with Crippen molar-refractivity contribution in [2.45, 2.75) is 0 Å². The summed E-state index contributed by atoms with van der Waals surface area (Å²) in [5, 5.41) is 12.4. The molecule has 0 bridgehead atoms. The van der Waals surface area contributed by atoms with Crippen LogP contribution in [0, 0.1) is 5.21 Å². The molecule has 1 heterocycles. The summed E-state index contributed by atoms with van der Waals surface area (Å²) in [5.41, 5.74) is 11.2. The lowest BCUT2D eigenvalue weighted by Crippen LogP contribution is -2.36. The number of aromatic nitrogens is 3. The Hall–Kier alpha value is -1.79. The van der Waals surface area contributed by atoms with Gasteiger partial charge in [0.05, 0.1) is 10.6 Å². The number of hydrogen-bond acceptors (Lipinski definition) is 5. The number of anilines is 2. The zero-order valence-corrected chi connectivity index (χ0v) is 9.90. The van der Waals surface area contributed by atoms with E-state index in [0.717, 1.165) is 0 Å². The molecule has 0 aliphatic carbocycles. The molecule has 17 heavy (non-hydrogen) atoms. The van der Waals surface area contributed by atoms with Crippen LogP contribution in [-0.2, 0) is 0 Å². The van der Waals surface area contributed by atoms with Crippen LogP contribution in [0.5, 0.6) is 0 Å². The number of nitrogens with two attached hydrogens (primary N) is 2. The van der Waals surface area contributed by atoms with Gasteiger partial charge in [-0.05, 0) is 18.2 Å². The molecule has 2 rings (SSSR count). The van der Waals surface area contributed by atoms with Gasteiger partial charge >= 0.3 is 11.9 Å². The minimum Gasteiger partial charge on any atom is -0.754 e. The Bertz CT molecular complexity index is 590. The van der Waals surface area contributed by atoms with Gasteiger partial charge in [0.1, 0.15) is 0 Å². The fraction of sp³-hybridized carbons (Fsp3) is 0. The lowest BCUT2D eigenvalue weighted by atomic mass is 10.2. The van der Waals surface area contributed by atoms with Crippen LogP contribution >= 0.6 is 23.2 Å². The third kappa shape index (κ3) is 2.17. The van der Waals surface area contributed by atoms with Crippen molar-refractivity contribution >= 4 is 35.1 Å². The molecule has 0 saturated heterocycles. The third-order valence-electron chi connectivity index (χ3n) is 2.02. The van der Waals surface area contributed by atoms with Crippen molar-refractivity contribution in [1.29, 1.82) is 0 Å². The molecule has 0 fully saturated rings. The van der Waals surface area contributed by atoms with Gasteiger partial charge in [-0.2, -0.15) is 0 Å². The van der Waals surface area contributed by atoms with E-state index >= 15 is 0 Å². The molecule has 88 valence electrons. The van der Waals surface area contributed by atoms with Crippen molar-refractivity contribution in [3.63, 3.8) is 0 Å². The molecule has 0 aliphatic rings. The summed E-state index contributed by atoms with van der Waals surface area (Å²) < 4.78 is 0.341. The van der Waals surface area contributed by atoms with E-state index in [1.807, 2.05) is 0 Å². The molecule has 8 heteroatoms. The minimum absolute atomic E-state index is 0.0394. The van der Waals surface area contributed by atoms with Crippen LogP contribution in [0.2, 0.25) is 10.0 Å². The average molecular weight is 272 g/mol. The second-order valence-electron chi connectivity index (χ2n) is 3.18. The van der Waals surface area contributed by atoms with Crippen molar-refractivity contribution in [2.75, 3.05) is 11.5 Å². The summed E-state index contributed by atoms with van der Waals surface area (Å²) in [6.45, 7) is 0. The Morgan fingerprint density at radius 2 is 1.88 bits per heavy atom. The van der Waals surface area contributed by atoms with Gasteiger partial charge in [0.25, 0.3) is 0 Å². The summed E-state index contributed by atoms with van der Waals surface area (Å²) in [6, 6.07) is 4.64. The lowest BCUT2D eigenvalue weighted by molar-refractivity contribution is -0.583. The van der Waals surface area contributed by atoms with Gasteiger partial charge in [-0.3, -0.25) is 0 Å². The van der Waals surface area contributed by atoms with Gasteiger partial charge in [-0.15, -0.1) is 0 Å².